The van der Waals surface area contributed by atoms with E-state index < -0.39 is 0 Å². The van der Waals surface area contributed by atoms with Crippen molar-refractivity contribution in [2.24, 2.45) is 28.3 Å². The number of benzene rings is 1. The third-order valence-electron chi connectivity index (χ3n) is 8.94. The second-order valence-corrected chi connectivity index (χ2v) is 12.4. The Morgan fingerprint density at radius 1 is 1.29 bits per heavy atom. The lowest BCUT2D eigenvalue weighted by Crippen LogP contribution is -2.44. The molecule has 0 radical (unpaired) electrons. The van der Waals surface area contributed by atoms with E-state index in [1.807, 2.05) is 13.0 Å². The van der Waals surface area contributed by atoms with Crippen LogP contribution in [0.5, 0.6) is 5.75 Å². The number of oxime groups is 1. The zero-order valence-electron chi connectivity index (χ0n) is 22.7. The number of likely N-dealkylation sites (N-methyl/N-ethyl adjacent to an activating group) is 1. The highest BCUT2D eigenvalue weighted by molar-refractivity contribution is 7.15. The first kappa shape index (κ1) is 26.8. The predicted octanol–water partition coefficient (Wildman–Crippen LogP) is 5.08. The number of amides is 1. The molecule has 38 heavy (non-hydrogen) atoms. The number of nitrogens with zero attached hydrogens (tertiary/aromatic N) is 2. The number of hydrogen-bond acceptors (Lipinski definition) is 8. The molecular formula is C29H38N4O4S. The molecule has 1 amide bonds. The number of rotatable bonds is 8. The molecule has 9 heteroatoms. The van der Waals surface area contributed by atoms with Gasteiger partial charge in [0.25, 0.3) is 0 Å². The summed E-state index contributed by atoms with van der Waals surface area (Å²) in [6.45, 7) is 4.54. The van der Waals surface area contributed by atoms with E-state index in [9.17, 15) is 9.59 Å². The van der Waals surface area contributed by atoms with Crippen molar-refractivity contribution < 1.29 is 19.2 Å². The smallest absolute Gasteiger partial charge is 0.325 e. The Morgan fingerprint density at radius 3 is 2.87 bits per heavy atom. The van der Waals surface area contributed by atoms with E-state index in [1.165, 1.54) is 22.5 Å². The number of fused-ring (bicyclic) bond motifs is 5. The highest BCUT2D eigenvalue weighted by atomic mass is 32.1. The van der Waals surface area contributed by atoms with Gasteiger partial charge in [0.05, 0.1) is 12.3 Å². The zero-order chi connectivity index (χ0) is 26.9. The third kappa shape index (κ3) is 5.23. The summed E-state index contributed by atoms with van der Waals surface area (Å²) in [5.41, 5.74) is 3.83. The number of anilines is 1. The molecule has 3 aliphatic rings. The van der Waals surface area contributed by atoms with Gasteiger partial charge in [0.2, 0.25) is 5.91 Å². The molecule has 1 heterocycles. The Hall–Kier alpha value is -2.78. The van der Waals surface area contributed by atoms with Crippen molar-refractivity contribution in [2.45, 2.75) is 64.7 Å². The first-order valence-corrected chi connectivity index (χ1v) is 14.4. The summed E-state index contributed by atoms with van der Waals surface area (Å²) in [5, 5.41) is 11.0. The predicted molar refractivity (Wildman–Crippen MR) is 149 cm³/mol. The van der Waals surface area contributed by atoms with Gasteiger partial charge in [0, 0.05) is 22.9 Å². The second kappa shape index (κ2) is 11.1. The lowest BCUT2D eigenvalue weighted by Gasteiger charge is -2.50. The van der Waals surface area contributed by atoms with Gasteiger partial charge in [-0.25, -0.2) is 4.98 Å². The summed E-state index contributed by atoms with van der Waals surface area (Å²) in [6, 6.07) is 6.17. The quantitative estimate of drug-likeness (QED) is 0.276. The van der Waals surface area contributed by atoms with E-state index in [0.717, 1.165) is 49.1 Å². The molecule has 3 aliphatic carbocycles. The van der Waals surface area contributed by atoms with Crippen LogP contribution in [0.3, 0.4) is 0 Å². The summed E-state index contributed by atoms with van der Waals surface area (Å²) in [5.74, 6) is 2.20. The minimum Gasteiger partial charge on any atom is -0.426 e. The van der Waals surface area contributed by atoms with Crippen LogP contribution in [0.15, 0.2) is 29.6 Å². The summed E-state index contributed by atoms with van der Waals surface area (Å²) < 4.78 is 5.53. The standard InChI is InChI=1S/C29H38N4O4S/c1-17-15-31-28(38-17)32-25(34)10-6-19-14-24(33-36-4)29(2)12-11-22-21-9-7-20(37-26(35)16-30-3)13-18(21)5-8-23(22)27(19)29/h7,9,13,15,19,22-23,27,30H,5-6,8,10-12,14,16H2,1-4H3,(H,31,32,34)/b33-24+/t19?,22?,23?,27?,29-/m1/s1. The normalized spacial score (nSPS) is 28.8. The summed E-state index contributed by atoms with van der Waals surface area (Å²) in [6.07, 6.45) is 8.19. The third-order valence-corrected chi connectivity index (χ3v) is 9.76. The molecule has 2 N–H and O–H groups in total. The van der Waals surface area contributed by atoms with E-state index in [1.54, 1.807) is 20.4 Å². The van der Waals surface area contributed by atoms with Gasteiger partial charge in [-0.15, -0.1) is 11.3 Å². The topological polar surface area (TPSA) is 102 Å². The van der Waals surface area contributed by atoms with Crippen molar-refractivity contribution in [3.8, 4) is 5.75 Å². The van der Waals surface area contributed by atoms with Gasteiger partial charge in [-0.1, -0.05) is 18.1 Å². The number of carbonyl (C=O) groups is 2. The van der Waals surface area contributed by atoms with Gasteiger partial charge < -0.3 is 20.2 Å². The Kier molecular flexibility index (Phi) is 7.86. The number of carbonyl (C=O) groups excluding carboxylic acids is 2. The first-order chi connectivity index (χ1) is 18.3. The van der Waals surface area contributed by atoms with Crippen molar-refractivity contribution in [1.82, 2.24) is 10.3 Å². The second-order valence-electron chi connectivity index (χ2n) is 11.2. The molecule has 4 unspecified atom stereocenters. The maximum atomic E-state index is 12.8. The molecule has 1 aromatic carbocycles. The molecule has 0 aliphatic heterocycles. The molecule has 204 valence electrons. The van der Waals surface area contributed by atoms with Crippen molar-refractivity contribution in [1.29, 1.82) is 0 Å². The molecular weight excluding hydrogens is 500 g/mol. The highest BCUT2D eigenvalue weighted by Gasteiger charge is 2.57. The number of aromatic nitrogens is 1. The fraction of sp³-hybridized carbons (Fsp3) is 0.586. The molecule has 2 aromatic rings. The monoisotopic (exact) mass is 538 g/mol. The van der Waals surface area contributed by atoms with Crippen LogP contribution in [0.1, 0.15) is 67.4 Å². The molecule has 0 spiro atoms. The van der Waals surface area contributed by atoms with Gasteiger partial charge >= 0.3 is 5.97 Å². The van der Waals surface area contributed by atoms with E-state index in [4.69, 9.17) is 9.57 Å². The van der Waals surface area contributed by atoms with Gasteiger partial charge in [0.15, 0.2) is 5.13 Å². The Morgan fingerprint density at radius 2 is 2.13 bits per heavy atom. The average molecular weight is 539 g/mol. The SMILES string of the molecule is CNCC(=O)Oc1ccc2c(c1)CCC1C2CC[C@]2(C)/C(=N/OC)CC(CCC(=O)Nc3ncc(C)s3)C12. The number of ether oxygens (including phenoxy) is 1. The summed E-state index contributed by atoms with van der Waals surface area (Å²) in [7, 11) is 3.37. The van der Waals surface area contributed by atoms with Crippen LogP contribution in [0.25, 0.3) is 0 Å². The molecule has 2 fully saturated rings. The fourth-order valence-electron chi connectivity index (χ4n) is 7.44. The van der Waals surface area contributed by atoms with Crippen molar-refractivity contribution in [2.75, 3.05) is 26.0 Å². The lowest BCUT2D eigenvalue weighted by molar-refractivity contribution is -0.133. The minimum atomic E-state index is -0.276. The lowest BCUT2D eigenvalue weighted by atomic mass is 9.54. The summed E-state index contributed by atoms with van der Waals surface area (Å²) >= 11 is 1.50. The van der Waals surface area contributed by atoms with Gasteiger partial charge in [-0.2, -0.15) is 0 Å². The average Bonchev–Trinajstić information content (AvgIpc) is 3.42. The van der Waals surface area contributed by atoms with E-state index >= 15 is 0 Å². The maximum absolute atomic E-state index is 12.8. The number of hydrogen-bond donors (Lipinski definition) is 2. The molecule has 5 atom stereocenters. The zero-order valence-corrected chi connectivity index (χ0v) is 23.5. The van der Waals surface area contributed by atoms with Crippen LogP contribution in [0, 0.1) is 30.1 Å². The van der Waals surface area contributed by atoms with Crippen molar-refractivity contribution in [3.63, 3.8) is 0 Å². The molecule has 5 rings (SSSR count). The Bertz CT molecular complexity index is 1230. The van der Waals surface area contributed by atoms with Crippen molar-refractivity contribution in [3.05, 3.63) is 40.4 Å². The summed E-state index contributed by atoms with van der Waals surface area (Å²) in [4.78, 5) is 35.4. The van der Waals surface area contributed by atoms with Crippen LogP contribution in [-0.4, -0.2) is 43.3 Å². The van der Waals surface area contributed by atoms with Crippen LogP contribution in [0.4, 0.5) is 5.13 Å². The van der Waals surface area contributed by atoms with E-state index in [0.29, 0.717) is 41.0 Å². The molecule has 8 nitrogen and oxygen atoms in total. The van der Waals surface area contributed by atoms with Crippen LogP contribution < -0.4 is 15.4 Å². The molecule has 0 saturated heterocycles. The number of thiazole rings is 1. The maximum Gasteiger partial charge on any atom is 0.325 e. The number of aryl methyl sites for hydroxylation is 2. The molecule has 2 saturated carbocycles. The largest absolute Gasteiger partial charge is 0.426 e. The first-order valence-electron chi connectivity index (χ1n) is 13.6. The van der Waals surface area contributed by atoms with Gasteiger partial charge in [-0.05, 0) is 99.4 Å². The Balaban J connectivity index is 1.34. The van der Waals surface area contributed by atoms with Gasteiger partial charge in [0.1, 0.15) is 12.9 Å². The van der Waals surface area contributed by atoms with Crippen molar-refractivity contribution >= 4 is 34.1 Å². The van der Waals surface area contributed by atoms with Crippen LogP contribution in [-0.2, 0) is 20.8 Å². The van der Waals surface area contributed by atoms with Crippen LogP contribution in [0.2, 0.25) is 0 Å². The number of esters is 1. The minimum absolute atomic E-state index is 0.00906. The molecule has 1 aromatic heterocycles. The van der Waals surface area contributed by atoms with E-state index in [-0.39, 0.29) is 23.8 Å². The Labute approximate surface area is 228 Å². The highest BCUT2D eigenvalue weighted by Crippen LogP contribution is 2.62. The van der Waals surface area contributed by atoms with E-state index in [2.05, 4.69) is 39.8 Å². The molecule has 0 bridgehead atoms. The van der Waals surface area contributed by atoms with Crippen LogP contribution >= 0.6 is 11.3 Å². The fourth-order valence-corrected chi connectivity index (χ4v) is 8.12. The number of nitrogens with one attached hydrogen (secondary N) is 2. The van der Waals surface area contributed by atoms with Gasteiger partial charge in [-0.3, -0.25) is 9.59 Å².